The van der Waals surface area contributed by atoms with Crippen LogP contribution in [0.4, 0.5) is 4.39 Å². The first-order valence-electron chi connectivity index (χ1n) is 7.43. The second kappa shape index (κ2) is 8.19. The van der Waals surface area contributed by atoms with Gasteiger partial charge in [0.15, 0.2) is 18.2 Å². The highest BCUT2D eigenvalue weighted by molar-refractivity contribution is 5.78. The normalized spacial score (nSPS) is 11.5. The Hall–Kier alpha value is -2.76. The molecule has 1 N–H and O–H groups in total. The van der Waals surface area contributed by atoms with Gasteiger partial charge in [0.05, 0.1) is 20.3 Å². The molecule has 0 spiro atoms. The molecule has 0 heterocycles. The van der Waals surface area contributed by atoms with Crippen molar-refractivity contribution in [3.63, 3.8) is 0 Å². The lowest BCUT2D eigenvalue weighted by Crippen LogP contribution is -2.31. The van der Waals surface area contributed by atoms with E-state index in [2.05, 4.69) is 5.32 Å². The number of carbonyl (C=O) groups excluding carboxylic acids is 1. The standard InChI is InChI=1S/C18H20FNO4/c1-12(14-10-13(22-2)8-9-16(14)23-3)20-18(21)11-24-17-7-5-4-6-15(17)19/h4-10,12H,11H2,1-3H3,(H,20,21)/t12-/m0/s1. The molecular formula is C18H20FNO4. The Labute approximate surface area is 140 Å². The zero-order valence-electron chi connectivity index (χ0n) is 13.8. The van der Waals surface area contributed by atoms with Crippen LogP contribution in [0.3, 0.4) is 0 Å². The van der Waals surface area contributed by atoms with Crippen molar-refractivity contribution < 1.29 is 23.4 Å². The molecule has 0 aliphatic rings. The first-order chi connectivity index (χ1) is 11.5. The van der Waals surface area contributed by atoms with Crippen molar-refractivity contribution in [2.45, 2.75) is 13.0 Å². The molecule has 6 heteroatoms. The number of amides is 1. The summed E-state index contributed by atoms with van der Waals surface area (Å²) in [7, 11) is 3.12. The average Bonchev–Trinajstić information content (AvgIpc) is 2.60. The van der Waals surface area contributed by atoms with Crippen LogP contribution in [0.1, 0.15) is 18.5 Å². The molecule has 1 amide bonds. The molecule has 0 aromatic heterocycles. The highest BCUT2D eigenvalue weighted by atomic mass is 19.1. The van der Waals surface area contributed by atoms with Crippen LogP contribution in [0.2, 0.25) is 0 Å². The molecule has 0 fully saturated rings. The highest BCUT2D eigenvalue weighted by Gasteiger charge is 2.16. The molecule has 24 heavy (non-hydrogen) atoms. The van der Waals surface area contributed by atoms with E-state index in [1.54, 1.807) is 44.6 Å². The smallest absolute Gasteiger partial charge is 0.258 e. The van der Waals surface area contributed by atoms with Crippen molar-refractivity contribution in [2.24, 2.45) is 0 Å². The molecule has 0 aliphatic carbocycles. The van der Waals surface area contributed by atoms with Crippen LogP contribution in [0.5, 0.6) is 17.2 Å². The maximum Gasteiger partial charge on any atom is 0.258 e. The Morgan fingerprint density at radius 3 is 2.54 bits per heavy atom. The third kappa shape index (κ3) is 4.38. The van der Waals surface area contributed by atoms with Gasteiger partial charge in [-0.25, -0.2) is 4.39 Å². The van der Waals surface area contributed by atoms with E-state index in [-0.39, 0.29) is 24.3 Å². The fraction of sp³-hybridized carbons (Fsp3) is 0.278. The number of benzene rings is 2. The molecule has 1 atom stereocenters. The number of ether oxygens (including phenoxy) is 3. The molecule has 0 radical (unpaired) electrons. The zero-order chi connectivity index (χ0) is 17.5. The number of methoxy groups -OCH3 is 2. The number of hydrogen-bond donors (Lipinski definition) is 1. The number of hydrogen-bond acceptors (Lipinski definition) is 4. The van der Waals surface area contributed by atoms with E-state index in [4.69, 9.17) is 14.2 Å². The van der Waals surface area contributed by atoms with Gasteiger partial charge >= 0.3 is 0 Å². The lowest BCUT2D eigenvalue weighted by Gasteiger charge is -2.18. The minimum Gasteiger partial charge on any atom is -0.497 e. The van der Waals surface area contributed by atoms with Crippen molar-refractivity contribution >= 4 is 5.91 Å². The summed E-state index contributed by atoms with van der Waals surface area (Å²) < 4.78 is 29.2. The molecule has 0 saturated carbocycles. The van der Waals surface area contributed by atoms with Gasteiger partial charge in [-0.1, -0.05) is 12.1 Å². The van der Waals surface area contributed by atoms with Gasteiger partial charge in [-0.15, -0.1) is 0 Å². The predicted octanol–water partition coefficient (Wildman–Crippen LogP) is 3.10. The van der Waals surface area contributed by atoms with Crippen molar-refractivity contribution in [3.05, 3.63) is 53.8 Å². The van der Waals surface area contributed by atoms with Crippen LogP contribution in [0.15, 0.2) is 42.5 Å². The van der Waals surface area contributed by atoms with Gasteiger partial charge in [-0.2, -0.15) is 0 Å². The lowest BCUT2D eigenvalue weighted by molar-refractivity contribution is -0.123. The van der Waals surface area contributed by atoms with Crippen LogP contribution in [-0.2, 0) is 4.79 Å². The Morgan fingerprint density at radius 1 is 1.12 bits per heavy atom. The van der Waals surface area contributed by atoms with Crippen molar-refractivity contribution in [3.8, 4) is 17.2 Å². The zero-order valence-corrected chi connectivity index (χ0v) is 13.8. The average molecular weight is 333 g/mol. The van der Waals surface area contributed by atoms with E-state index in [1.807, 2.05) is 6.92 Å². The molecule has 128 valence electrons. The van der Waals surface area contributed by atoms with Gasteiger partial charge in [0, 0.05) is 5.56 Å². The third-order valence-corrected chi connectivity index (χ3v) is 3.48. The number of rotatable bonds is 7. The minimum absolute atomic E-state index is 0.0410. The van der Waals surface area contributed by atoms with Crippen LogP contribution < -0.4 is 19.5 Å². The maximum atomic E-state index is 13.5. The minimum atomic E-state index is -0.507. The summed E-state index contributed by atoms with van der Waals surface area (Å²) >= 11 is 0. The largest absolute Gasteiger partial charge is 0.497 e. The summed E-state index contributed by atoms with van der Waals surface area (Å²) in [5, 5.41) is 2.79. The first kappa shape index (κ1) is 17.6. The molecular weight excluding hydrogens is 313 g/mol. The lowest BCUT2D eigenvalue weighted by atomic mass is 10.1. The molecule has 0 saturated heterocycles. The van der Waals surface area contributed by atoms with E-state index in [9.17, 15) is 9.18 Å². The SMILES string of the molecule is COc1ccc(OC)c([C@H](C)NC(=O)COc2ccccc2F)c1. The van der Waals surface area contributed by atoms with Gasteiger partial charge in [-0.3, -0.25) is 4.79 Å². The van der Waals surface area contributed by atoms with Crippen molar-refractivity contribution in [1.82, 2.24) is 5.32 Å². The summed E-state index contributed by atoms with van der Waals surface area (Å²) in [5.74, 6) is 0.468. The van der Waals surface area contributed by atoms with Crippen LogP contribution >= 0.6 is 0 Å². The number of para-hydroxylation sites is 1. The van der Waals surface area contributed by atoms with Crippen LogP contribution in [0.25, 0.3) is 0 Å². The molecule has 0 unspecified atom stereocenters. The van der Waals surface area contributed by atoms with Gasteiger partial charge in [0.25, 0.3) is 5.91 Å². The summed E-state index contributed by atoms with van der Waals surface area (Å²) in [5.41, 5.74) is 0.774. The second-order valence-corrected chi connectivity index (χ2v) is 5.12. The van der Waals surface area contributed by atoms with Gasteiger partial charge in [-0.05, 0) is 37.3 Å². The molecule has 2 rings (SSSR count). The fourth-order valence-electron chi connectivity index (χ4n) is 2.24. The summed E-state index contributed by atoms with van der Waals surface area (Å²) in [6, 6.07) is 11.0. The maximum absolute atomic E-state index is 13.5. The van der Waals surface area contributed by atoms with Crippen LogP contribution in [-0.4, -0.2) is 26.7 Å². The third-order valence-electron chi connectivity index (χ3n) is 3.48. The predicted molar refractivity (Wildman–Crippen MR) is 88.0 cm³/mol. The summed E-state index contributed by atoms with van der Waals surface area (Å²) in [6.45, 7) is 1.54. The number of carbonyl (C=O) groups is 1. The number of halogens is 1. The van der Waals surface area contributed by atoms with Crippen LogP contribution in [0, 0.1) is 5.82 Å². The molecule has 5 nitrogen and oxygen atoms in total. The summed E-state index contributed by atoms with van der Waals surface area (Å²) in [6.07, 6.45) is 0. The second-order valence-electron chi connectivity index (χ2n) is 5.12. The summed E-state index contributed by atoms with van der Waals surface area (Å²) in [4.78, 5) is 12.0. The van der Waals surface area contributed by atoms with Gasteiger partial charge in [0.2, 0.25) is 0 Å². The Balaban J connectivity index is 2.00. The van der Waals surface area contributed by atoms with Gasteiger partial charge < -0.3 is 19.5 Å². The fourth-order valence-corrected chi connectivity index (χ4v) is 2.24. The first-order valence-corrected chi connectivity index (χ1v) is 7.43. The van der Waals surface area contributed by atoms with Crippen molar-refractivity contribution in [1.29, 1.82) is 0 Å². The molecule has 2 aromatic rings. The van der Waals surface area contributed by atoms with E-state index < -0.39 is 5.82 Å². The van der Waals surface area contributed by atoms with E-state index in [0.29, 0.717) is 11.5 Å². The topological polar surface area (TPSA) is 56.8 Å². The Morgan fingerprint density at radius 2 is 1.88 bits per heavy atom. The number of nitrogens with one attached hydrogen (secondary N) is 1. The Bertz CT molecular complexity index is 705. The van der Waals surface area contributed by atoms with E-state index in [0.717, 1.165) is 5.56 Å². The van der Waals surface area contributed by atoms with E-state index >= 15 is 0 Å². The van der Waals surface area contributed by atoms with Gasteiger partial charge in [0.1, 0.15) is 11.5 Å². The van der Waals surface area contributed by atoms with Crippen molar-refractivity contribution in [2.75, 3.05) is 20.8 Å². The molecule has 0 aliphatic heterocycles. The monoisotopic (exact) mass is 333 g/mol. The molecule has 2 aromatic carbocycles. The van der Waals surface area contributed by atoms with E-state index in [1.165, 1.54) is 12.1 Å². The highest BCUT2D eigenvalue weighted by Crippen LogP contribution is 2.29. The molecule has 0 bridgehead atoms. The Kier molecular flexibility index (Phi) is 6.01. The quantitative estimate of drug-likeness (QED) is 0.846.